The van der Waals surface area contributed by atoms with E-state index in [1.165, 1.54) is 36.3 Å². The first-order valence-corrected chi connectivity index (χ1v) is 6.72. The van der Waals surface area contributed by atoms with E-state index in [1.54, 1.807) is 0 Å². The summed E-state index contributed by atoms with van der Waals surface area (Å²) in [5.41, 5.74) is 1.28. The van der Waals surface area contributed by atoms with Crippen molar-refractivity contribution in [3.63, 3.8) is 0 Å². The minimum atomic E-state index is 0.808. The number of hydrogen-bond donors (Lipinski definition) is 0. The molecule has 0 aromatic carbocycles. The second-order valence-corrected chi connectivity index (χ2v) is 5.97. The summed E-state index contributed by atoms with van der Waals surface area (Å²) < 4.78 is 1.10. The lowest BCUT2D eigenvalue weighted by Crippen LogP contribution is -1.95. The summed E-state index contributed by atoms with van der Waals surface area (Å²) >= 11 is 5.41. The Morgan fingerprint density at radius 2 is 2.14 bits per heavy atom. The lowest BCUT2D eigenvalue weighted by Gasteiger charge is -2.08. The lowest BCUT2D eigenvalue weighted by molar-refractivity contribution is 0.886. The van der Waals surface area contributed by atoms with Gasteiger partial charge in [0.1, 0.15) is 0 Å². The summed E-state index contributed by atoms with van der Waals surface area (Å²) in [4.78, 5) is 4.42. The zero-order chi connectivity index (χ0) is 9.97. The van der Waals surface area contributed by atoms with Crippen molar-refractivity contribution in [2.24, 2.45) is 0 Å². The molecule has 0 aliphatic heterocycles. The molecule has 14 heavy (non-hydrogen) atoms. The Labute approximate surface area is 97.8 Å². The van der Waals surface area contributed by atoms with Crippen LogP contribution in [0, 0.1) is 6.92 Å². The zero-order valence-electron chi connectivity index (χ0n) is 8.29. The standard InChI is InChI=1S/C11H14BrNS/c1-8-6-11(13-7-10(8)12)14-9-4-2-3-5-9/h6-7,9H,2-5H2,1H3. The molecule has 0 saturated heterocycles. The molecule has 0 radical (unpaired) electrons. The van der Waals surface area contributed by atoms with Crippen molar-refractivity contribution < 1.29 is 0 Å². The van der Waals surface area contributed by atoms with Gasteiger partial charge in [-0.15, -0.1) is 11.8 Å². The van der Waals surface area contributed by atoms with Crippen molar-refractivity contribution in [2.45, 2.75) is 42.9 Å². The average Bonchev–Trinajstić information content (AvgIpc) is 2.64. The van der Waals surface area contributed by atoms with Gasteiger partial charge in [-0.3, -0.25) is 0 Å². The van der Waals surface area contributed by atoms with Gasteiger partial charge in [-0.05, 0) is 47.3 Å². The van der Waals surface area contributed by atoms with Crippen LogP contribution in [0.15, 0.2) is 21.8 Å². The third-order valence-corrected chi connectivity index (χ3v) is 4.71. The molecule has 1 aliphatic rings. The first kappa shape index (κ1) is 10.5. The lowest BCUT2D eigenvalue weighted by atomic mass is 10.3. The van der Waals surface area contributed by atoms with Crippen LogP contribution in [-0.4, -0.2) is 10.2 Å². The molecule has 0 N–H and O–H groups in total. The van der Waals surface area contributed by atoms with E-state index in [0.29, 0.717) is 0 Å². The molecule has 2 rings (SSSR count). The number of aromatic nitrogens is 1. The van der Waals surface area contributed by atoms with Crippen LogP contribution in [0.2, 0.25) is 0 Å². The number of rotatable bonds is 2. The van der Waals surface area contributed by atoms with Gasteiger partial charge in [-0.2, -0.15) is 0 Å². The monoisotopic (exact) mass is 271 g/mol. The SMILES string of the molecule is Cc1cc(SC2CCCC2)ncc1Br. The fourth-order valence-corrected chi connectivity index (χ4v) is 3.24. The molecule has 1 aromatic heterocycles. The van der Waals surface area contributed by atoms with E-state index in [9.17, 15) is 0 Å². The summed E-state index contributed by atoms with van der Waals surface area (Å²) in [5.74, 6) is 0. The Kier molecular flexibility index (Phi) is 3.50. The van der Waals surface area contributed by atoms with Gasteiger partial charge in [0.2, 0.25) is 0 Å². The zero-order valence-corrected chi connectivity index (χ0v) is 10.7. The fraction of sp³-hybridized carbons (Fsp3) is 0.545. The Hall–Kier alpha value is -0.0200. The molecule has 0 amide bonds. The first-order chi connectivity index (χ1) is 6.75. The maximum Gasteiger partial charge on any atom is 0.0966 e. The topological polar surface area (TPSA) is 12.9 Å². The highest BCUT2D eigenvalue weighted by Gasteiger charge is 2.16. The molecule has 1 aromatic rings. The van der Waals surface area contributed by atoms with Crippen LogP contribution in [-0.2, 0) is 0 Å². The van der Waals surface area contributed by atoms with Crippen LogP contribution in [0.4, 0.5) is 0 Å². The van der Waals surface area contributed by atoms with Crippen LogP contribution >= 0.6 is 27.7 Å². The summed E-state index contributed by atoms with van der Waals surface area (Å²) in [5, 5.41) is 1.99. The highest BCUT2D eigenvalue weighted by atomic mass is 79.9. The molecular weight excluding hydrogens is 258 g/mol. The summed E-state index contributed by atoms with van der Waals surface area (Å²) in [6, 6.07) is 2.17. The molecule has 3 heteroatoms. The summed E-state index contributed by atoms with van der Waals surface area (Å²) in [6.45, 7) is 2.12. The largest absolute Gasteiger partial charge is 0.249 e. The number of hydrogen-bond acceptors (Lipinski definition) is 2. The Bertz CT molecular complexity index is 321. The molecule has 0 atom stereocenters. The Balaban J connectivity index is 2.05. The van der Waals surface area contributed by atoms with Crippen LogP contribution < -0.4 is 0 Å². The number of aryl methyl sites for hydroxylation is 1. The van der Waals surface area contributed by atoms with Gasteiger partial charge in [0.05, 0.1) is 5.03 Å². The third kappa shape index (κ3) is 2.51. The van der Waals surface area contributed by atoms with Crippen molar-refractivity contribution in [3.05, 3.63) is 22.3 Å². The van der Waals surface area contributed by atoms with E-state index in [1.807, 2.05) is 18.0 Å². The first-order valence-electron chi connectivity index (χ1n) is 5.04. The van der Waals surface area contributed by atoms with E-state index in [0.717, 1.165) is 9.72 Å². The molecule has 1 heterocycles. The second-order valence-electron chi connectivity index (χ2n) is 3.80. The molecule has 0 bridgehead atoms. The van der Waals surface area contributed by atoms with Crippen molar-refractivity contribution in [1.29, 1.82) is 0 Å². The predicted octanol–water partition coefficient (Wildman–Crippen LogP) is 4.19. The maximum absolute atomic E-state index is 4.42. The normalized spacial score (nSPS) is 17.6. The van der Waals surface area contributed by atoms with E-state index in [2.05, 4.69) is 33.9 Å². The van der Waals surface area contributed by atoms with Gasteiger partial charge < -0.3 is 0 Å². The minimum Gasteiger partial charge on any atom is -0.249 e. The van der Waals surface area contributed by atoms with E-state index >= 15 is 0 Å². The second kappa shape index (κ2) is 4.67. The number of nitrogens with zero attached hydrogens (tertiary/aromatic N) is 1. The van der Waals surface area contributed by atoms with Gasteiger partial charge in [0.15, 0.2) is 0 Å². The molecule has 1 nitrogen and oxygen atoms in total. The van der Waals surface area contributed by atoms with Gasteiger partial charge >= 0.3 is 0 Å². The predicted molar refractivity (Wildman–Crippen MR) is 64.8 cm³/mol. The smallest absolute Gasteiger partial charge is 0.0966 e. The number of halogens is 1. The average molecular weight is 272 g/mol. The molecule has 0 spiro atoms. The van der Waals surface area contributed by atoms with Crippen LogP contribution in [0.5, 0.6) is 0 Å². The van der Waals surface area contributed by atoms with Crippen molar-refractivity contribution in [3.8, 4) is 0 Å². The molecule has 76 valence electrons. The van der Waals surface area contributed by atoms with Crippen molar-refractivity contribution in [2.75, 3.05) is 0 Å². The van der Waals surface area contributed by atoms with Gasteiger partial charge in [-0.25, -0.2) is 4.98 Å². The van der Waals surface area contributed by atoms with E-state index in [4.69, 9.17) is 0 Å². The molecule has 1 fully saturated rings. The van der Waals surface area contributed by atoms with E-state index in [-0.39, 0.29) is 0 Å². The van der Waals surface area contributed by atoms with Crippen LogP contribution in [0.3, 0.4) is 0 Å². The maximum atomic E-state index is 4.42. The molecule has 1 aliphatic carbocycles. The van der Waals surface area contributed by atoms with Gasteiger partial charge in [0, 0.05) is 15.9 Å². The molecular formula is C11H14BrNS. The third-order valence-electron chi connectivity index (χ3n) is 2.61. The van der Waals surface area contributed by atoms with Crippen LogP contribution in [0.1, 0.15) is 31.2 Å². The Morgan fingerprint density at radius 3 is 2.79 bits per heavy atom. The number of thioether (sulfide) groups is 1. The Morgan fingerprint density at radius 1 is 1.43 bits per heavy atom. The molecule has 1 saturated carbocycles. The highest BCUT2D eigenvalue weighted by molar-refractivity contribution is 9.10. The molecule has 0 unspecified atom stereocenters. The highest BCUT2D eigenvalue weighted by Crippen LogP contribution is 2.34. The number of pyridine rings is 1. The van der Waals surface area contributed by atoms with Gasteiger partial charge in [-0.1, -0.05) is 12.8 Å². The fourth-order valence-electron chi connectivity index (χ4n) is 1.75. The minimum absolute atomic E-state index is 0.808. The summed E-state index contributed by atoms with van der Waals surface area (Å²) in [7, 11) is 0. The quantitative estimate of drug-likeness (QED) is 0.800. The van der Waals surface area contributed by atoms with E-state index < -0.39 is 0 Å². The summed E-state index contributed by atoms with van der Waals surface area (Å²) in [6.07, 6.45) is 7.43. The van der Waals surface area contributed by atoms with Crippen molar-refractivity contribution in [1.82, 2.24) is 4.98 Å². The van der Waals surface area contributed by atoms with Crippen LogP contribution in [0.25, 0.3) is 0 Å². The van der Waals surface area contributed by atoms with Gasteiger partial charge in [0.25, 0.3) is 0 Å². The van der Waals surface area contributed by atoms with Crippen molar-refractivity contribution >= 4 is 27.7 Å².